The van der Waals surface area contributed by atoms with Crippen LogP contribution in [-0.4, -0.2) is 11.7 Å². The Bertz CT molecular complexity index is 590. The average Bonchev–Trinajstić information content (AvgIpc) is 2.70. The lowest BCUT2D eigenvalue weighted by Crippen LogP contribution is -2.42. The second-order valence-corrected chi connectivity index (χ2v) is 4.84. The largest absolute Gasteiger partial charge is 0.369 e. The molecule has 2 aromatic rings. The van der Waals surface area contributed by atoms with Crippen molar-refractivity contribution < 1.29 is 4.79 Å². The Hall–Kier alpha value is -1.74. The third-order valence-corrected chi connectivity index (χ3v) is 4.20. The van der Waals surface area contributed by atoms with Gasteiger partial charge in [0, 0.05) is 5.75 Å². The van der Waals surface area contributed by atoms with Crippen molar-refractivity contribution in [3.8, 4) is 11.1 Å². The van der Waals surface area contributed by atoms with Crippen LogP contribution in [0.15, 0.2) is 48.5 Å². The molecule has 3 rings (SSSR count). The van der Waals surface area contributed by atoms with E-state index < -0.39 is 5.41 Å². The van der Waals surface area contributed by atoms with E-state index in [1.54, 1.807) is 0 Å². The fourth-order valence-corrected chi connectivity index (χ4v) is 3.34. The SMILES string of the molecule is NC(=O)C1(CS)c2ccccc2-c2ccccc21. The summed E-state index contributed by atoms with van der Waals surface area (Å²) in [6.45, 7) is 0. The smallest absolute Gasteiger partial charge is 0.233 e. The van der Waals surface area contributed by atoms with Gasteiger partial charge in [-0.2, -0.15) is 12.6 Å². The van der Waals surface area contributed by atoms with Crippen LogP contribution in [0.2, 0.25) is 0 Å². The minimum absolute atomic E-state index is 0.338. The fourth-order valence-electron chi connectivity index (χ4n) is 2.84. The summed E-state index contributed by atoms with van der Waals surface area (Å²) < 4.78 is 0. The molecule has 0 saturated heterocycles. The lowest BCUT2D eigenvalue weighted by atomic mass is 9.79. The highest BCUT2D eigenvalue weighted by atomic mass is 32.1. The Morgan fingerprint density at radius 3 is 1.83 bits per heavy atom. The van der Waals surface area contributed by atoms with Gasteiger partial charge in [-0.05, 0) is 22.3 Å². The molecule has 18 heavy (non-hydrogen) atoms. The summed E-state index contributed by atoms with van der Waals surface area (Å²) in [5, 5.41) is 0. The van der Waals surface area contributed by atoms with Crippen LogP contribution in [-0.2, 0) is 10.2 Å². The van der Waals surface area contributed by atoms with Crippen LogP contribution in [0.3, 0.4) is 0 Å². The first-order chi connectivity index (χ1) is 8.71. The molecule has 0 bridgehead atoms. The monoisotopic (exact) mass is 255 g/mol. The van der Waals surface area contributed by atoms with Crippen LogP contribution in [0.4, 0.5) is 0 Å². The number of amides is 1. The molecule has 2 nitrogen and oxygen atoms in total. The second kappa shape index (κ2) is 3.89. The topological polar surface area (TPSA) is 43.1 Å². The second-order valence-electron chi connectivity index (χ2n) is 4.52. The number of carbonyl (C=O) groups excluding carboxylic acids is 1. The first kappa shape index (κ1) is 11.4. The lowest BCUT2D eigenvalue weighted by molar-refractivity contribution is -0.121. The number of benzene rings is 2. The molecule has 3 heteroatoms. The first-order valence-corrected chi connectivity index (χ1v) is 6.45. The number of hydrogen-bond donors (Lipinski definition) is 2. The van der Waals surface area contributed by atoms with Crippen molar-refractivity contribution in [1.29, 1.82) is 0 Å². The maximum Gasteiger partial charge on any atom is 0.233 e. The highest BCUT2D eigenvalue weighted by Crippen LogP contribution is 2.49. The summed E-state index contributed by atoms with van der Waals surface area (Å²) in [4.78, 5) is 12.1. The summed E-state index contributed by atoms with van der Waals surface area (Å²) >= 11 is 4.39. The Balaban J connectivity index is 2.43. The summed E-state index contributed by atoms with van der Waals surface area (Å²) in [7, 11) is 0. The zero-order valence-electron chi connectivity index (χ0n) is 9.76. The third kappa shape index (κ3) is 1.22. The van der Waals surface area contributed by atoms with E-state index in [9.17, 15) is 4.79 Å². The van der Waals surface area contributed by atoms with Crippen LogP contribution >= 0.6 is 12.6 Å². The highest BCUT2D eigenvalue weighted by Gasteiger charge is 2.46. The molecule has 1 aliphatic carbocycles. The molecule has 0 aliphatic heterocycles. The zero-order chi connectivity index (χ0) is 12.8. The predicted octanol–water partition coefficient (Wildman–Crippen LogP) is 2.37. The molecule has 1 aliphatic rings. The maximum absolute atomic E-state index is 12.1. The van der Waals surface area contributed by atoms with Crippen molar-refractivity contribution in [3.63, 3.8) is 0 Å². The molecule has 90 valence electrons. The van der Waals surface area contributed by atoms with E-state index in [1.165, 1.54) is 0 Å². The van der Waals surface area contributed by atoms with Crippen LogP contribution < -0.4 is 5.73 Å². The highest BCUT2D eigenvalue weighted by molar-refractivity contribution is 7.80. The van der Waals surface area contributed by atoms with Gasteiger partial charge in [-0.1, -0.05) is 48.5 Å². The maximum atomic E-state index is 12.1. The Morgan fingerprint density at radius 2 is 1.44 bits per heavy atom. The number of thiol groups is 1. The number of carbonyl (C=O) groups is 1. The van der Waals surface area contributed by atoms with Gasteiger partial charge in [0.2, 0.25) is 5.91 Å². The zero-order valence-corrected chi connectivity index (χ0v) is 10.7. The summed E-state index contributed by atoms with van der Waals surface area (Å²) in [6.07, 6.45) is 0. The Morgan fingerprint density at radius 1 is 1.00 bits per heavy atom. The molecule has 0 atom stereocenters. The molecular weight excluding hydrogens is 242 g/mol. The molecule has 0 unspecified atom stereocenters. The summed E-state index contributed by atoms with van der Waals surface area (Å²) in [6, 6.07) is 15.8. The van der Waals surface area contributed by atoms with E-state index in [0.29, 0.717) is 5.75 Å². The first-order valence-electron chi connectivity index (χ1n) is 5.82. The predicted molar refractivity (Wildman–Crippen MR) is 75.7 cm³/mol. The molecule has 2 aromatic carbocycles. The fraction of sp³-hybridized carbons (Fsp3) is 0.133. The van der Waals surface area contributed by atoms with Crippen molar-refractivity contribution in [2.45, 2.75) is 5.41 Å². The number of nitrogens with two attached hydrogens (primary N) is 1. The lowest BCUT2D eigenvalue weighted by Gasteiger charge is -2.26. The minimum atomic E-state index is -0.795. The van der Waals surface area contributed by atoms with Gasteiger partial charge in [0.05, 0.1) is 0 Å². The van der Waals surface area contributed by atoms with Crippen LogP contribution in [0.25, 0.3) is 11.1 Å². The van der Waals surface area contributed by atoms with Gasteiger partial charge < -0.3 is 5.73 Å². The summed E-state index contributed by atoms with van der Waals surface area (Å²) in [5.41, 5.74) is 8.99. The number of hydrogen-bond acceptors (Lipinski definition) is 2. The molecule has 0 fully saturated rings. The standard InChI is InChI=1S/C15H13NOS/c16-14(17)15(9-18)12-7-3-1-5-10(12)11-6-2-4-8-13(11)15/h1-8,18H,9H2,(H2,16,17). The Labute approximate surface area is 111 Å². The van der Waals surface area contributed by atoms with Gasteiger partial charge in [-0.3, -0.25) is 4.79 Å². The van der Waals surface area contributed by atoms with Gasteiger partial charge in [0.1, 0.15) is 5.41 Å². The van der Waals surface area contributed by atoms with Crippen LogP contribution in [0.5, 0.6) is 0 Å². The Kier molecular flexibility index (Phi) is 2.45. The molecule has 0 aromatic heterocycles. The van der Waals surface area contributed by atoms with E-state index in [1.807, 2.05) is 48.5 Å². The number of fused-ring (bicyclic) bond motifs is 3. The van der Waals surface area contributed by atoms with Crippen molar-refractivity contribution in [3.05, 3.63) is 59.7 Å². The van der Waals surface area contributed by atoms with Gasteiger partial charge >= 0.3 is 0 Å². The minimum Gasteiger partial charge on any atom is -0.369 e. The van der Waals surface area contributed by atoms with Gasteiger partial charge in [0.15, 0.2) is 0 Å². The van der Waals surface area contributed by atoms with E-state index in [2.05, 4.69) is 12.6 Å². The van der Waals surface area contributed by atoms with Gasteiger partial charge in [0.25, 0.3) is 0 Å². The third-order valence-electron chi connectivity index (χ3n) is 3.72. The van der Waals surface area contributed by atoms with Gasteiger partial charge in [-0.15, -0.1) is 0 Å². The van der Waals surface area contributed by atoms with Crippen molar-refractivity contribution in [1.82, 2.24) is 0 Å². The van der Waals surface area contributed by atoms with Crippen molar-refractivity contribution in [2.75, 3.05) is 5.75 Å². The van der Waals surface area contributed by atoms with E-state index in [4.69, 9.17) is 5.73 Å². The number of primary amides is 1. The van der Waals surface area contributed by atoms with E-state index >= 15 is 0 Å². The van der Waals surface area contributed by atoms with Crippen molar-refractivity contribution in [2.24, 2.45) is 5.73 Å². The quantitative estimate of drug-likeness (QED) is 0.795. The molecule has 0 radical (unpaired) electrons. The van der Waals surface area contributed by atoms with Gasteiger partial charge in [-0.25, -0.2) is 0 Å². The molecule has 2 N–H and O–H groups in total. The molecule has 0 saturated carbocycles. The van der Waals surface area contributed by atoms with E-state index in [0.717, 1.165) is 22.3 Å². The molecule has 1 amide bonds. The normalized spacial score (nSPS) is 14.9. The molecular formula is C15H13NOS. The molecule has 0 heterocycles. The van der Waals surface area contributed by atoms with Crippen molar-refractivity contribution >= 4 is 18.5 Å². The van der Waals surface area contributed by atoms with Crippen LogP contribution in [0.1, 0.15) is 11.1 Å². The number of rotatable bonds is 2. The molecule has 0 spiro atoms. The summed E-state index contributed by atoms with van der Waals surface area (Å²) in [5.74, 6) is 0.0472. The van der Waals surface area contributed by atoms with Crippen LogP contribution in [0, 0.1) is 0 Å². The average molecular weight is 255 g/mol. The van der Waals surface area contributed by atoms with E-state index in [-0.39, 0.29) is 5.91 Å².